The first-order valence-electron chi connectivity index (χ1n) is 10.2. The molecule has 27 heavy (non-hydrogen) atoms. The minimum Gasteiger partial charge on any atom is -0.308 e. The predicted molar refractivity (Wildman–Crippen MR) is 107 cm³/mol. The number of hydrogen-bond acceptors (Lipinski definition) is 5. The topological polar surface area (TPSA) is 55.8 Å². The smallest absolute Gasteiger partial charge is 0.308 e. The quantitative estimate of drug-likeness (QED) is 0.457. The second-order valence-corrected chi connectivity index (χ2v) is 10.2. The van der Waals surface area contributed by atoms with E-state index < -0.39 is 12.8 Å². The Balaban J connectivity index is 1.81. The van der Waals surface area contributed by atoms with Gasteiger partial charge in [0.25, 0.3) is 0 Å². The molecule has 0 radical (unpaired) electrons. The van der Waals surface area contributed by atoms with Crippen molar-refractivity contribution in [2.24, 2.45) is 5.92 Å². The van der Waals surface area contributed by atoms with Gasteiger partial charge in [-0.25, -0.2) is 0 Å². The van der Waals surface area contributed by atoms with Crippen molar-refractivity contribution < 1.29 is 18.4 Å². The van der Waals surface area contributed by atoms with E-state index in [4.69, 9.17) is 9.05 Å². The first kappa shape index (κ1) is 20.7. The highest BCUT2D eigenvalue weighted by molar-refractivity contribution is 7.55. The van der Waals surface area contributed by atoms with E-state index in [0.29, 0.717) is 26.3 Å². The molecule has 2 fully saturated rings. The van der Waals surface area contributed by atoms with Crippen LogP contribution in [0, 0.1) is 5.92 Å². The van der Waals surface area contributed by atoms with Crippen molar-refractivity contribution in [3.8, 4) is 0 Å². The molecule has 3 rings (SSSR count). The van der Waals surface area contributed by atoms with Gasteiger partial charge in [-0.1, -0.05) is 43.2 Å². The summed E-state index contributed by atoms with van der Waals surface area (Å²) in [5.41, 5.74) is 1.20. The molecular weight excluding hydrogens is 361 g/mol. The maximum atomic E-state index is 13.7. The highest BCUT2D eigenvalue weighted by Gasteiger charge is 2.54. The van der Waals surface area contributed by atoms with Crippen LogP contribution in [0.3, 0.4) is 0 Å². The molecule has 1 aromatic carbocycles. The molecule has 0 spiro atoms. The van der Waals surface area contributed by atoms with Crippen LogP contribution in [0.1, 0.15) is 51.0 Å². The molecule has 1 heterocycles. The van der Waals surface area contributed by atoms with Crippen molar-refractivity contribution in [3.63, 3.8) is 0 Å². The van der Waals surface area contributed by atoms with Crippen LogP contribution in [0.5, 0.6) is 0 Å². The van der Waals surface area contributed by atoms with Gasteiger partial charge in [0, 0.05) is 31.5 Å². The van der Waals surface area contributed by atoms with Gasteiger partial charge in [0.15, 0.2) is 0 Å². The Morgan fingerprint density at radius 1 is 1.11 bits per heavy atom. The van der Waals surface area contributed by atoms with E-state index in [2.05, 4.69) is 17.0 Å². The molecule has 0 unspecified atom stereocenters. The summed E-state index contributed by atoms with van der Waals surface area (Å²) in [5.74, 6) is 0.171. The molecule has 5 nitrogen and oxygen atoms in total. The zero-order valence-electron chi connectivity index (χ0n) is 16.5. The lowest BCUT2D eigenvalue weighted by Crippen LogP contribution is -2.41. The Morgan fingerprint density at radius 3 is 2.30 bits per heavy atom. The maximum absolute atomic E-state index is 13.7. The van der Waals surface area contributed by atoms with Gasteiger partial charge in [-0.3, -0.25) is 4.57 Å². The molecule has 150 valence electrons. The molecule has 1 saturated heterocycles. The Bertz CT molecular complexity index is 649. The molecular formula is C21H32NO4P. The molecule has 2 atom stereocenters. The Kier molecular flexibility index (Phi) is 6.91. The first-order chi connectivity index (χ1) is 13.1. The van der Waals surface area contributed by atoms with Crippen molar-refractivity contribution in [3.05, 3.63) is 35.9 Å². The van der Waals surface area contributed by atoms with E-state index in [-0.39, 0.29) is 11.8 Å². The molecule has 6 heteroatoms. The van der Waals surface area contributed by atoms with Crippen LogP contribution < -0.4 is 0 Å². The summed E-state index contributed by atoms with van der Waals surface area (Å²) in [6.07, 6.45) is 4.92. The fourth-order valence-electron chi connectivity index (χ4n) is 4.85. The SMILES string of the molecule is CCOP(=O)(OCC)C1(CN2C[C@H](c3ccccc3)[C@@H](C=O)C2)CCCC1. The van der Waals surface area contributed by atoms with E-state index in [1.807, 2.05) is 32.0 Å². The molecule has 1 aliphatic heterocycles. The number of benzene rings is 1. The summed E-state index contributed by atoms with van der Waals surface area (Å²) in [4.78, 5) is 14.0. The summed E-state index contributed by atoms with van der Waals surface area (Å²) in [6.45, 7) is 6.73. The van der Waals surface area contributed by atoms with Crippen LogP contribution in [0.15, 0.2) is 30.3 Å². The zero-order chi connectivity index (χ0) is 19.3. The largest absolute Gasteiger partial charge is 0.338 e. The molecule has 0 N–H and O–H groups in total. The minimum atomic E-state index is -3.20. The van der Waals surface area contributed by atoms with Gasteiger partial charge in [0.05, 0.1) is 18.4 Å². The normalized spacial score (nSPS) is 25.7. The van der Waals surface area contributed by atoms with Gasteiger partial charge in [0.2, 0.25) is 0 Å². The Hall–Kier alpha value is -1.00. The second-order valence-electron chi connectivity index (χ2n) is 7.78. The number of carbonyl (C=O) groups is 1. The second kappa shape index (κ2) is 9.00. The third-order valence-electron chi connectivity index (χ3n) is 6.07. The van der Waals surface area contributed by atoms with Gasteiger partial charge < -0.3 is 18.7 Å². The number of rotatable bonds is 9. The summed E-state index contributed by atoms with van der Waals surface area (Å²) in [5, 5.41) is -0.446. The number of nitrogens with zero attached hydrogens (tertiary/aromatic N) is 1. The van der Waals surface area contributed by atoms with Crippen molar-refractivity contribution >= 4 is 13.9 Å². The van der Waals surface area contributed by atoms with Gasteiger partial charge in [0.1, 0.15) is 6.29 Å². The van der Waals surface area contributed by atoms with Crippen LogP contribution in [0.2, 0.25) is 0 Å². The molecule has 1 aromatic rings. The molecule has 0 bridgehead atoms. The van der Waals surface area contributed by atoms with Gasteiger partial charge >= 0.3 is 7.60 Å². The van der Waals surface area contributed by atoms with Crippen molar-refractivity contribution in [2.75, 3.05) is 32.8 Å². The highest BCUT2D eigenvalue weighted by atomic mass is 31.2. The number of hydrogen-bond donors (Lipinski definition) is 0. The van der Waals surface area contributed by atoms with Crippen LogP contribution >= 0.6 is 7.60 Å². The average Bonchev–Trinajstić information content (AvgIpc) is 3.31. The average molecular weight is 393 g/mol. The van der Waals surface area contributed by atoms with E-state index in [9.17, 15) is 9.36 Å². The Labute approximate surface area is 163 Å². The molecule has 1 aliphatic carbocycles. The Morgan fingerprint density at radius 2 is 1.74 bits per heavy atom. The lowest BCUT2D eigenvalue weighted by Gasteiger charge is -2.38. The third kappa shape index (κ3) is 4.22. The standard InChI is InChI=1S/C21H32NO4P/c1-3-25-27(24,26-4-2)21(12-8-9-13-21)17-22-14-19(16-23)20(15-22)18-10-6-5-7-11-18/h5-7,10-11,16,19-20H,3-4,8-9,12-15,17H2,1-2H3/t19-,20-/m1/s1. The minimum absolute atomic E-state index is 0.0237. The fraction of sp³-hybridized carbons (Fsp3) is 0.667. The predicted octanol–water partition coefficient (Wildman–Crippen LogP) is 4.48. The lowest BCUT2D eigenvalue weighted by atomic mass is 9.90. The molecule has 1 saturated carbocycles. The molecule has 0 amide bonds. The van der Waals surface area contributed by atoms with Crippen LogP contribution in [-0.2, 0) is 18.4 Å². The summed E-state index contributed by atoms with van der Waals surface area (Å²) in [6, 6.07) is 10.2. The first-order valence-corrected chi connectivity index (χ1v) is 11.7. The summed E-state index contributed by atoms with van der Waals surface area (Å²) < 4.78 is 25.2. The van der Waals surface area contributed by atoms with E-state index in [1.165, 1.54) is 5.56 Å². The fourth-order valence-corrected chi connectivity index (χ4v) is 7.39. The van der Waals surface area contributed by atoms with Crippen molar-refractivity contribution in [2.45, 2.75) is 50.6 Å². The monoisotopic (exact) mass is 393 g/mol. The van der Waals surface area contributed by atoms with E-state index in [1.54, 1.807) is 0 Å². The van der Waals surface area contributed by atoms with Crippen LogP contribution in [-0.4, -0.2) is 49.2 Å². The number of likely N-dealkylation sites (tertiary alicyclic amines) is 1. The van der Waals surface area contributed by atoms with Gasteiger partial charge in [-0.15, -0.1) is 0 Å². The van der Waals surface area contributed by atoms with Gasteiger partial charge in [-0.2, -0.15) is 0 Å². The van der Waals surface area contributed by atoms with Gasteiger partial charge in [-0.05, 0) is 32.3 Å². The highest BCUT2D eigenvalue weighted by Crippen LogP contribution is 2.66. The molecule has 0 aromatic heterocycles. The number of aldehydes is 1. The van der Waals surface area contributed by atoms with E-state index >= 15 is 0 Å². The van der Waals surface area contributed by atoms with Crippen molar-refractivity contribution in [1.82, 2.24) is 4.90 Å². The van der Waals surface area contributed by atoms with Crippen LogP contribution in [0.25, 0.3) is 0 Å². The zero-order valence-corrected chi connectivity index (χ0v) is 17.4. The van der Waals surface area contributed by atoms with Crippen LogP contribution in [0.4, 0.5) is 0 Å². The maximum Gasteiger partial charge on any atom is 0.338 e. The lowest BCUT2D eigenvalue weighted by molar-refractivity contribution is -0.111. The summed E-state index contributed by atoms with van der Waals surface area (Å²) >= 11 is 0. The van der Waals surface area contributed by atoms with Crippen molar-refractivity contribution in [1.29, 1.82) is 0 Å². The van der Waals surface area contributed by atoms with E-state index in [0.717, 1.165) is 38.5 Å². The summed E-state index contributed by atoms with van der Waals surface area (Å²) in [7, 11) is -3.20. The third-order valence-corrected chi connectivity index (χ3v) is 9.02. The number of carbonyl (C=O) groups excluding carboxylic acids is 1. The molecule has 2 aliphatic rings.